The van der Waals surface area contributed by atoms with Crippen molar-refractivity contribution in [2.45, 2.75) is 54.4 Å². The number of aromatic nitrogens is 4. The average Bonchev–Trinajstić information content (AvgIpc) is 3.49. The molecule has 0 radical (unpaired) electrons. The number of nitrogens with zero attached hydrogens (tertiary/aromatic N) is 5. The molecule has 2 aromatic heterocycles. The molecule has 4 heterocycles. The first-order valence-corrected chi connectivity index (χ1v) is 14.0. The van der Waals surface area contributed by atoms with Crippen molar-refractivity contribution in [1.29, 1.82) is 0 Å². The highest BCUT2D eigenvalue weighted by atomic mass is 35.5. The van der Waals surface area contributed by atoms with Gasteiger partial charge in [-0.25, -0.2) is 13.6 Å². The van der Waals surface area contributed by atoms with Crippen molar-refractivity contribution in [2.24, 2.45) is 0 Å². The summed E-state index contributed by atoms with van der Waals surface area (Å²) in [6.45, 7) is 1.45. The molecular formula is C20H19ClF2N6O4S3. The number of thioether (sulfide) groups is 2. The summed E-state index contributed by atoms with van der Waals surface area (Å²) in [5.41, 5.74) is 0.337. The summed E-state index contributed by atoms with van der Waals surface area (Å²) in [4.78, 5) is 38.8. The minimum absolute atomic E-state index is 0.0244. The predicted molar refractivity (Wildman–Crippen MR) is 129 cm³/mol. The second kappa shape index (κ2) is 9.91. The topological polar surface area (TPSA) is 130 Å². The zero-order valence-corrected chi connectivity index (χ0v) is 21.8. The maximum absolute atomic E-state index is 13.3. The zero-order chi connectivity index (χ0) is 25.7. The van der Waals surface area contributed by atoms with Crippen LogP contribution >= 0.6 is 46.5 Å². The van der Waals surface area contributed by atoms with Gasteiger partial charge in [-0.3, -0.25) is 19.2 Å². The molecule has 5 rings (SSSR count). The number of halogens is 3. The van der Waals surface area contributed by atoms with Crippen LogP contribution in [0.1, 0.15) is 41.6 Å². The summed E-state index contributed by atoms with van der Waals surface area (Å²) in [6.07, 6.45) is -1.33. The van der Waals surface area contributed by atoms with E-state index in [1.54, 1.807) is 0 Å². The van der Waals surface area contributed by atoms with Crippen molar-refractivity contribution in [3.8, 4) is 0 Å². The van der Waals surface area contributed by atoms with Crippen molar-refractivity contribution in [2.75, 3.05) is 11.5 Å². The number of aryl methyl sites for hydroxylation is 1. The second-order valence-electron chi connectivity index (χ2n) is 8.41. The molecule has 36 heavy (non-hydrogen) atoms. The fraction of sp³-hybridized carbons (Fsp3) is 0.500. The molecule has 1 saturated carbocycles. The SMILES string of the molecule is Cc1nnc(SCC2=C(C(=O)O)N3C(=O)[C@H](NC(=O)Cn4nc(C(F)F)c(Cl)c4C4CC4)[C@@H]3SC2)s1. The van der Waals surface area contributed by atoms with Gasteiger partial charge in [-0.2, -0.15) is 5.10 Å². The van der Waals surface area contributed by atoms with Crippen LogP contribution in [0.4, 0.5) is 8.78 Å². The Morgan fingerprint density at radius 2 is 2.08 bits per heavy atom. The van der Waals surface area contributed by atoms with Crippen LogP contribution < -0.4 is 5.32 Å². The van der Waals surface area contributed by atoms with Gasteiger partial charge in [-0.05, 0) is 25.3 Å². The van der Waals surface area contributed by atoms with Gasteiger partial charge in [0.1, 0.15) is 34.4 Å². The van der Waals surface area contributed by atoms with Crippen LogP contribution in [-0.2, 0) is 20.9 Å². The van der Waals surface area contributed by atoms with Gasteiger partial charge in [0, 0.05) is 17.4 Å². The van der Waals surface area contributed by atoms with Gasteiger partial charge in [0.2, 0.25) is 5.91 Å². The molecule has 2 aromatic rings. The van der Waals surface area contributed by atoms with Crippen molar-refractivity contribution in [3.05, 3.63) is 32.7 Å². The van der Waals surface area contributed by atoms with Gasteiger partial charge >= 0.3 is 5.97 Å². The van der Waals surface area contributed by atoms with Crippen LogP contribution in [0.25, 0.3) is 0 Å². The highest BCUT2D eigenvalue weighted by Gasteiger charge is 2.54. The van der Waals surface area contributed by atoms with E-state index in [0.29, 0.717) is 27.1 Å². The molecule has 3 aliphatic rings. The van der Waals surface area contributed by atoms with Crippen LogP contribution in [0.15, 0.2) is 15.6 Å². The van der Waals surface area contributed by atoms with Crippen molar-refractivity contribution in [3.63, 3.8) is 0 Å². The van der Waals surface area contributed by atoms with E-state index < -0.39 is 41.3 Å². The van der Waals surface area contributed by atoms with Gasteiger partial charge < -0.3 is 10.4 Å². The number of fused-ring (bicyclic) bond motifs is 1. The summed E-state index contributed by atoms with van der Waals surface area (Å²) >= 11 is 10.2. The van der Waals surface area contributed by atoms with E-state index in [4.69, 9.17) is 11.6 Å². The quantitative estimate of drug-likeness (QED) is 0.341. The Morgan fingerprint density at radius 3 is 2.69 bits per heavy atom. The maximum Gasteiger partial charge on any atom is 0.352 e. The number of carboxylic acids is 1. The number of hydrogen-bond acceptors (Lipinski definition) is 9. The first-order valence-electron chi connectivity index (χ1n) is 10.8. The third kappa shape index (κ3) is 4.73. The molecule has 1 saturated heterocycles. The molecule has 192 valence electrons. The minimum atomic E-state index is -2.87. The number of β-lactam (4-membered cyclic amide) rings is 1. The van der Waals surface area contributed by atoms with Crippen LogP contribution in [0.5, 0.6) is 0 Å². The lowest BCUT2D eigenvalue weighted by molar-refractivity contribution is -0.150. The Labute approximate surface area is 220 Å². The van der Waals surface area contributed by atoms with E-state index in [-0.39, 0.29) is 23.2 Å². The fourth-order valence-corrected chi connectivity index (χ4v) is 7.79. The molecule has 10 nitrogen and oxygen atoms in total. The number of rotatable bonds is 9. The van der Waals surface area contributed by atoms with Gasteiger partial charge in [0.15, 0.2) is 4.34 Å². The molecule has 16 heteroatoms. The van der Waals surface area contributed by atoms with Crippen LogP contribution in [-0.4, -0.2) is 70.7 Å². The molecular weight excluding hydrogens is 558 g/mol. The minimum Gasteiger partial charge on any atom is -0.477 e. The number of nitrogens with one attached hydrogen (secondary N) is 1. The van der Waals surface area contributed by atoms with E-state index in [9.17, 15) is 28.3 Å². The molecule has 0 spiro atoms. The lowest BCUT2D eigenvalue weighted by Gasteiger charge is -2.49. The molecule has 0 bridgehead atoms. The van der Waals surface area contributed by atoms with Crippen LogP contribution in [0.2, 0.25) is 5.02 Å². The fourth-order valence-electron chi connectivity index (χ4n) is 4.11. The summed E-state index contributed by atoms with van der Waals surface area (Å²) in [5, 5.41) is 24.3. The van der Waals surface area contributed by atoms with Gasteiger partial charge in [-0.15, -0.1) is 22.0 Å². The van der Waals surface area contributed by atoms with Gasteiger partial charge in [0.05, 0.1) is 10.7 Å². The van der Waals surface area contributed by atoms with Crippen LogP contribution in [0, 0.1) is 6.92 Å². The summed E-state index contributed by atoms with van der Waals surface area (Å²) in [7, 11) is 0. The number of amides is 2. The smallest absolute Gasteiger partial charge is 0.352 e. The number of alkyl halides is 2. The average molecular weight is 577 g/mol. The highest BCUT2D eigenvalue weighted by Crippen LogP contribution is 2.46. The van der Waals surface area contributed by atoms with E-state index in [1.807, 2.05) is 6.92 Å². The Bertz CT molecular complexity index is 1280. The van der Waals surface area contributed by atoms with Crippen molar-refractivity contribution >= 4 is 64.2 Å². The number of hydrogen-bond donors (Lipinski definition) is 2. The van der Waals surface area contributed by atoms with Crippen molar-refractivity contribution < 1.29 is 28.3 Å². The second-order valence-corrected chi connectivity index (χ2v) is 12.3. The first-order chi connectivity index (χ1) is 17.2. The highest BCUT2D eigenvalue weighted by molar-refractivity contribution is 8.01. The van der Waals surface area contributed by atoms with E-state index >= 15 is 0 Å². The van der Waals surface area contributed by atoms with Gasteiger partial charge in [0.25, 0.3) is 12.3 Å². The number of aliphatic carboxylic acids is 1. The predicted octanol–water partition coefficient (Wildman–Crippen LogP) is 3.04. The first kappa shape index (κ1) is 25.4. The number of carbonyl (C=O) groups is 3. The third-order valence-corrected chi connectivity index (χ3v) is 9.65. The standard InChI is InChI=1S/C20H19ClF2N6O4S3/c1-7-25-26-20(36-7)35-6-9-5-34-18-13(17(31)29(18)15(9)19(32)33)24-10(30)4-28-14(8-2-3-8)11(21)12(27-28)16(22)23/h8,13,16,18H,2-6H2,1H3,(H,24,30)(H,32,33)/t13-,18-/m0/s1. The Balaban J connectivity index is 1.27. The summed E-state index contributed by atoms with van der Waals surface area (Å²) < 4.78 is 28.4. The Hall–Kier alpha value is -2.23. The molecule has 2 fully saturated rings. The molecule has 2 N–H and O–H groups in total. The van der Waals surface area contributed by atoms with E-state index in [2.05, 4.69) is 20.6 Å². The molecule has 2 aliphatic heterocycles. The zero-order valence-electron chi connectivity index (χ0n) is 18.6. The summed E-state index contributed by atoms with van der Waals surface area (Å²) in [5.74, 6) is -1.67. The third-order valence-electron chi connectivity index (χ3n) is 5.86. The van der Waals surface area contributed by atoms with Crippen LogP contribution in [0.3, 0.4) is 0 Å². The molecule has 0 aromatic carbocycles. The Kier molecular flexibility index (Phi) is 7.00. The van der Waals surface area contributed by atoms with E-state index in [0.717, 1.165) is 17.8 Å². The van der Waals surface area contributed by atoms with Gasteiger partial charge in [-0.1, -0.05) is 34.7 Å². The maximum atomic E-state index is 13.3. The summed E-state index contributed by atoms with van der Waals surface area (Å²) in [6, 6.07) is -0.929. The monoisotopic (exact) mass is 576 g/mol. The Morgan fingerprint density at radius 1 is 1.33 bits per heavy atom. The van der Waals surface area contributed by atoms with Crippen molar-refractivity contribution in [1.82, 2.24) is 30.2 Å². The number of carbonyl (C=O) groups excluding carboxylic acids is 2. The normalized spacial score (nSPS) is 21.6. The van der Waals surface area contributed by atoms with E-state index in [1.165, 1.54) is 44.4 Å². The lowest BCUT2D eigenvalue weighted by atomic mass is 10.0. The molecule has 2 atom stereocenters. The molecule has 1 aliphatic carbocycles. The lowest BCUT2D eigenvalue weighted by Crippen LogP contribution is -2.70. The molecule has 0 unspecified atom stereocenters. The largest absolute Gasteiger partial charge is 0.477 e. The number of carboxylic acid groups (broad SMARTS) is 1. The molecule has 2 amide bonds.